The van der Waals surface area contributed by atoms with Crippen molar-refractivity contribution >= 4 is 23.6 Å². The van der Waals surface area contributed by atoms with Crippen LogP contribution in [0.1, 0.15) is 19.4 Å². The maximum absolute atomic E-state index is 13.3. The van der Waals surface area contributed by atoms with E-state index in [0.717, 1.165) is 16.9 Å². The lowest BCUT2D eigenvalue weighted by Crippen LogP contribution is -2.64. The van der Waals surface area contributed by atoms with Gasteiger partial charge in [0.05, 0.1) is 25.9 Å². The number of imide groups is 1. The van der Waals surface area contributed by atoms with Crippen LogP contribution in [0.25, 0.3) is 0 Å². The van der Waals surface area contributed by atoms with Crippen molar-refractivity contribution in [2.24, 2.45) is 4.99 Å². The van der Waals surface area contributed by atoms with Crippen LogP contribution in [-0.2, 0) is 9.53 Å². The first-order valence-electron chi connectivity index (χ1n) is 10.0. The third-order valence-corrected chi connectivity index (χ3v) is 5.63. The van der Waals surface area contributed by atoms with Gasteiger partial charge in [-0.3, -0.25) is 14.6 Å². The zero-order chi connectivity index (χ0) is 21.6. The Bertz CT molecular complexity index is 943. The number of hydrogen-bond acceptors (Lipinski definition) is 7. The Kier molecular flexibility index (Phi) is 5.15. The first kappa shape index (κ1) is 20.2. The summed E-state index contributed by atoms with van der Waals surface area (Å²) in [7, 11) is 3.31. The number of likely N-dealkylation sites (N-methyl/N-ethyl adjacent to an activating group) is 1. The minimum Gasteiger partial charge on any atom is -0.495 e. The predicted molar refractivity (Wildman–Crippen MR) is 112 cm³/mol. The van der Waals surface area contributed by atoms with Crippen LogP contribution < -0.4 is 9.64 Å². The van der Waals surface area contributed by atoms with Crippen molar-refractivity contribution in [1.29, 1.82) is 0 Å². The molecule has 1 fully saturated rings. The van der Waals surface area contributed by atoms with E-state index in [1.807, 2.05) is 55.0 Å². The Labute approximate surface area is 176 Å². The molecule has 2 unspecified atom stereocenters. The molecule has 1 aromatic rings. The summed E-state index contributed by atoms with van der Waals surface area (Å²) >= 11 is 0. The van der Waals surface area contributed by atoms with Gasteiger partial charge in [-0.1, -0.05) is 6.07 Å². The van der Waals surface area contributed by atoms with Gasteiger partial charge < -0.3 is 19.3 Å². The number of ether oxygens (including phenoxy) is 2. The summed E-state index contributed by atoms with van der Waals surface area (Å²) in [5.41, 5.74) is 2.85. The summed E-state index contributed by atoms with van der Waals surface area (Å²) in [6.07, 6.45) is 1.33. The molecule has 9 heteroatoms. The molecule has 3 amide bonds. The number of carbonyl (C=O) groups excluding carboxylic acids is 2. The zero-order valence-corrected chi connectivity index (χ0v) is 18.0. The van der Waals surface area contributed by atoms with Gasteiger partial charge in [-0.25, -0.2) is 9.79 Å². The number of benzene rings is 1. The van der Waals surface area contributed by atoms with Gasteiger partial charge in [-0.2, -0.15) is 0 Å². The maximum atomic E-state index is 13.3. The Hall–Kier alpha value is -3.07. The number of amides is 3. The van der Waals surface area contributed by atoms with Gasteiger partial charge in [0.1, 0.15) is 5.75 Å². The highest BCUT2D eigenvalue weighted by Crippen LogP contribution is 2.40. The molecule has 0 aliphatic carbocycles. The van der Waals surface area contributed by atoms with E-state index in [1.165, 1.54) is 9.80 Å². The van der Waals surface area contributed by atoms with Crippen LogP contribution in [0.2, 0.25) is 0 Å². The number of hydrogen-bond donors (Lipinski definition) is 0. The van der Waals surface area contributed by atoms with Gasteiger partial charge >= 0.3 is 6.03 Å². The van der Waals surface area contributed by atoms with Crippen LogP contribution in [0.3, 0.4) is 0 Å². The number of nitrogens with zero attached hydrogens (tertiary/aromatic N) is 5. The van der Waals surface area contributed by atoms with E-state index < -0.39 is 12.2 Å². The molecule has 0 aromatic heterocycles. The lowest BCUT2D eigenvalue weighted by molar-refractivity contribution is -0.137. The third kappa shape index (κ3) is 3.00. The normalized spacial score (nSPS) is 23.0. The van der Waals surface area contributed by atoms with Crippen LogP contribution in [0, 0.1) is 6.92 Å². The Balaban J connectivity index is 1.69. The van der Waals surface area contributed by atoms with Gasteiger partial charge in [-0.15, -0.1) is 0 Å². The van der Waals surface area contributed by atoms with Crippen LogP contribution in [-0.4, -0.2) is 78.7 Å². The second-order valence-corrected chi connectivity index (χ2v) is 7.56. The SMILES string of the molecule is CCOCCN1C(=O)C2C(N=C3N(c4cc(C)ccc4OC)C(C)=CN32)N(C)C1=O. The van der Waals surface area contributed by atoms with E-state index in [2.05, 4.69) is 0 Å². The molecule has 0 spiro atoms. The molecule has 3 aliphatic heterocycles. The van der Waals surface area contributed by atoms with E-state index in [9.17, 15) is 9.59 Å². The zero-order valence-electron chi connectivity index (χ0n) is 18.0. The molecule has 30 heavy (non-hydrogen) atoms. The van der Waals surface area contributed by atoms with Crippen molar-refractivity contribution in [3.05, 3.63) is 35.7 Å². The van der Waals surface area contributed by atoms with Gasteiger partial charge in [0.15, 0.2) is 12.2 Å². The Morgan fingerprint density at radius 2 is 1.97 bits per heavy atom. The topological polar surface area (TPSA) is 77.9 Å². The number of fused-ring (bicyclic) bond motifs is 3. The minimum atomic E-state index is -0.597. The van der Waals surface area contributed by atoms with Crippen LogP contribution in [0.5, 0.6) is 5.75 Å². The number of allylic oxidation sites excluding steroid dienone is 1. The summed E-state index contributed by atoms with van der Waals surface area (Å²) in [4.78, 5) is 37.5. The Morgan fingerprint density at radius 1 is 1.20 bits per heavy atom. The molecule has 4 rings (SSSR count). The summed E-state index contributed by atoms with van der Waals surface area (Å²) in [6, 6.07) is 4.97. The molecule has 3 heterocycles. The molecular formula is C21H27N5O4. The number of anilines is 1. The summed E-state index contributed by atoms with van der Waals surface area (Å²) in [5.74, 6) is 1.07. The molecule has 1 aromatic carbocycles. The summed E-state index contributed by atoms with van der Waals surface area (Å²) in [5, 5.41) is 0. The highest BCUT2D eigenvalue weighted by atomic mass is 16.5. The van der Waals surface area contributed by atoms with Gasteiger partial charge in [0.25, 0.3) is 5.91 Å². The molecule has 1 saturated heterocycles. The fourth-order valence-corrected chi connectivity index (χ4v) is 4.13. The van der Waals surface area contributed by atoms with Crippen LogP contribution in [0.4, 0.5) is 10.5 Å². The molecule has 2 atom stereocenters. The van der Waals surface area contributed by atoms with Gasteiger partial charge in [0.2, 0.25) is 5.96 Å². The van der Waals surface area contributed by atoms with Crippen molar-refractivity contribution in [2.45, 2.75) is 33.0 Å². The smallest absolute Gasteiger partial charge is 0.328 e. The summed E-state index contributed by atoms with van der Waals surface area (Å²) in [6.45, 7) is 6.93. The summed E-state index contributed by atoms with van der Waals surface area (Å²) < 4.78 is 10.9. The fraction of sp³-hybridized carbons (Fsp3) is 0.476. The number of aryl methyl sites for hydroxylation is 1. The van der Waals surface area contributed by atoms with E-state index in [-0.39, 0.29) is 18.5 Å². The Morgan fingerprint density at radius 3 is 2.67 bits per heavy atom. The van der Waals surface area contributed by atoms with E-state index in [0.29, 0.717) is 24.9 Å². The van der Waals surface area contributed by atoms with Crippen molar-refractivity contribution < 1.29 is 19.1 Å². The molecule has 3 aliphatic rings. The number of aliphatic imine (C=N–C) groups is 1. The quantitative estimate of drug-likeness (QED) is 0.664. The average Bonchev–Trinajstić information content (AvgIpc) is 3.23. The molecule has 160 valence electrons. The van der Waals surface area contributed by atoms with E-state index >= 15 is 0 Å². The van der Waals surface area contributed by atoms with E-state index in [4.69, 9.17) is 14.5 Å². The largest absolute Gasteiger partial charge is 0.495 e. The molecule has 0 radical (unpaired) electrons. The molecule has 0 N–H and O–H groups in total. The average molecular weight is 413 g/mol. The first-order valence-corrected chi connectivity index (χ1v) is 10.0. The second kappa shape index (κ2) is 7.64. The van der Waals surface area contributed by atoms with Crippen LogP contribution in [0.15, 0.2) is 35.1 Å². The van der Waals surface area contributed by atoms with Crippen LogP contribution >= 0.6 is 0 Å². The monoisotopic (exact) mass is 413 g/mol. The van der Waals surface area contributed by atoms with E-state index in [1.54, 1.807) is 14.2 Å². The lowest BCUT2D eigenvalue weighted by atomic mass is 10.1. The van der Waals surface area contributed by atoms with Gasteiger partial charge in [0, 0.05) is 25.6 Å². The first-order chi connectivity index (χ1) is 14.4. The maximum Gasteiger partial charge on any atom is 0.328 e. The van der Waals surface area contributed by atoms with Crippen molar-refractivity contribution in [2.75, 3.05) is 38.8 Å². The molecular weight excluding hydrogens is 386 g/mol. The van der Waals surface area contributed by atoms with Crippen molar-refractivity contribution in [1.82, 2.24) is 14.7 Å². The molecule has 9 nitrogen and oxygen atoms in total. The van der Waals surface area contributed by atoms with Crippen molar-refractivity contribution in [3.63, 3.8) is 0 Å². The fourth-order valence-electron chi connectivity index (χ4n) is 4.13. The predicted octanol–water partition coefficient (Wildman–Crippen LogP) is 1.98. The number of methoxy groups -OCH3 is 1. The van der Waals surface area contributed by atoms with Gasteiger partial charge in [-0.05, 0) is 38.5 Å². The second-order valence-electron chi connectivity index (χ2n) is 7.56. The van der Waals surface area contributed by atoms with Crippen molar-refractivity contribution in [3.8, 4) is 5.75 Å². The number of carbonyl (C=O) groups is 2. The lowest BCUT2D eigenvalue weighted by Gasteiger charge is -2.40. The minimum absolute atomic E-state index is 0.223. The molecule has 0 bridgehead atoms. The molecule has 0 saturated carbocycles. The standard InChI is InChI=1S/C21H27N5O4/c1-6-30-10-9-24-19(27)17-18(23(4)21(24)28)22-20-25(17)12-14(3)26(20)15-11-13(2)7-8-16(15)29-5/h7-8,11-12,17-18H,6,9-10H2,1-5H3. The number of guanidine groups is 1. The highest BCUT2D eigenvalue weighted by Gasteiger charge is 2.54. The number of urea groups is 1. The third-order valence-electron chi connectivity index (χ3n) is 5.63. The highest BCUT2D eigenvalue weighted by molar-refractivity contribution is 6.10. The number of rotatable bonds is 6.